The Labute approximate surface area is 78.3 Å². The predicted molar refractivity (Wildman–Crippen MR) is 53.3 cm³/mol. The first-order valence-electron chi connectivity index (χ1n) is 4.68. The summed E-state index contributed by atoms with van der Waals surface area (Å²) in [5.74, 6) is 0. The van der Waals surface area contributed by atoms with Crippen LogP contribution in [0.2, 0.25) is 0 Å². The molecule has 1 aliphatic rings. The van der Waals surface area contributed by atoms with Crippen LogP contribution in [0.25, 0.3) is 0 Å². The van der Waals surface area contributed by atoms with Gasteiger partial charge in [-0.05, 0) is 38.8 Å². The van der Waals surface area contributed by atoms with E-state index in [4.69, 9.17) is 0 Å². The summed E-state index contributed by atoms with van der Waals surface area (Å²) >= 11 is 3.47. The van der Waals surface area contributed by atoms with Gasteiger partial charge in [0.05, 0.1) is 0 Å². The Morgan fingerprint density at radius 1 is 1.36 bits per heavy atom. The smallest absolute Gasteiger partial charge is 0.00964 e. The second-order valence-electron chi connectivity index (χ2n) is 3.31. The van der Waals surface area contributed by atoms with Gasteiger partial charge in [0.15, 0.2) is 0 Å². The molecule has 0 N–H and O–H groups in total. The number of halogens is 1. The van der Waals surface area contributed by atoms with Crippen molar-refractivity contribution in [3.8, 4) is 0 Å². The highest BCUT2D eigenvalue weighted by molar-refractivity contribution is 9.09. The number of hydrogen-bond acceptors (Lipinski definition) is 1. The standard InChI is InChI=1S/C9H18BrN/c1-2-7-11(8-3-6-10)9-4-5-9/h9H,2-8H2,1H3. The Balaban J connectivity index is 2.10. The molecular weight excluding hydrogens is 202 g/mol. The summed E-state index contributed by atoms with van der Waals surface area (Å²) in [6.07, 6.45) is 5.50. The third-order valence-corrected chi connectivity index (χ3v) is 2.71. The van der Waals surface area contributed by atoms with Crippen molar-refractivity contribution >= 4 is 15.9 Å². The normalized spacial score (nSPS) is 17.7. The monoisotopic (exact) mass is 219 g/mol. The van der Waals surface area contributed by atoms with E-state index in [2.05, 4.69) is 27.8 Å². The van der Waals surface area contributed by atoms with E-state index < -0.39 is 0 Å². The Morgan fingerprint density at radius 2 is 2.09 bits per heavy atom. The summed E-state index contributed by atoms with van der Waals surface area (Å²) in [4.78, 5) is 2.64. The van der Waals surface area contributed by atoms with Gasteiger partial charge in [-0.3, -0.25) is 0 Å². The highest BCUT2D eigenvalue weighted by atomic mass is 79.9. The quantitative estimate of drug-likeness (QED) is 0.622. The van der Waals surface area contributed by atoms with Gasteiger partial charge in [-0.1, -0.05) is 22.9 Å². The molecule has 0 unspecified atom stereocenters. The molecule has 0 amide bonds. The van der Waals surface area contributed by atoms with E-state index in [0.29, 0.717) is 0 Å². The number of alkyl halides is 1. The molecule has 0 bridgehead atoms. The molecule has 1 rings (SSSR count). The Hall–Kier alpha value is 0.440. The Kier molecular flexibility index (Phi) is 4.46. The van der Waals surface area contributed by atoms with Crippen molar-refractivity contribution in [3.05, 3.63) is 0 Å². The van der Waals surface area contributed by atoms with Crippen molar-refractivity contribution in [2.24, 2.45) is 0 Å². The van der Waals surface area contributed by atoms with Crippen LogP contribution in [0.5, 0.6) is 0 Å². The zero-order chi connectivity index (χ0) is 8.10. The molecule has 0 spiro atoms. The van der Waals surface area contributed by atoms with Gasteiger partial charge in [0.25, 0.3) is 0 Å². The van der Waals surface area contributed by atoms with Gasteiger partial charge in [-0.2, -0.15) is 0 Å². The van der Waals surface area contributed by atoms with Crippen LogP contribution in [0.3, 0.4) is 0 Å². The zero-order valence-corrected chi connectivity index (χ0v) is 8.94. The van der Waals surface area contributed by atoms with Crippen LogP contribution in [-0.2, 0) is 0 Å². The molecule has 1 saturated carbocycles. The number of hydrogen-bond donors (Lipinski definition) is 0. The van der Waals surface area contributed by atoms with E-state index in [1.54, 1.807) is 0 Å². The predicted octanol–water partition coefficient (Wildman–Crippen LogP) is 2.65. The van der Waals surface area contributed by atoms with Crippen LogP contribution in [0.4, 0.5) is 0 Å². The molecule has 0 heterocycles. The average Bonchev–Trinajstić information content (AvgIpc) is 2.80. The summed E-state index contributed by atoms with van der Waals surface area (Å²) in [5.41, 5.74) is 0. The fourth-order valence-corrected chi connectivity index (χ4v) is 1.72. The first-order chi connectivity index (χ1) is 5.38. The van der Waals surface area contributed by atoms with E-state index in [0.717, 1.165) is 11.4 Å². The van der Waals surface area contributed by atoms with Gasteiger partial charge in [-0.15, -0.1) is 0 Å². The number of nitrogens with zero attached hydrogens (tertiary/aromatic N) is 1. The maximum absolute atomic E-state index is 3.47. The molecule has 0 aromatic carbocycles. The lowest BCUT2D eigenvalue weighted by Crippen LogP contribution is -2.28. The van der Waals surface area contributed by atoms with Crippen LogP contribution in [0, 0.1) is 0 Å². The molecule has 1 nitrogen and oxygen atoms in total. The SMILES string of the molecule is CCCN(CCCBr)C1CC1. The minimum atomic E-state index is 0.953. The number of rotatable bonds is 6. The maximum atomic E-state index is 3.47. The fourth-order valence-electron chi connectivity index (χ4n) is 1.47. The second kappa shape index (κ2) is 5.15. The van der Waals surface area contributed by atoms with Crippen LogP contribution in [0.15, 0.2) is 0 Å². The lowest BCUT2D eigenvalue weighted by atomic mass is 10.3. The van der Waals surface area contributed by atoms with Crippen molar-refractivity contribution in [1.82, 2.24) is 4.90 Å². The molecule has 2 heteroatoms. The first-order valence-corrected chi connectivity index (χ1v) is 5.80. The summed E-state index contributed by atoms with van der Waals surface area (Å²) < 4.78 is 0. The molecule has 66 valence electrons. The lowest BCUT2D eigenvalue weighted by molar-refractivity contribution is 0.265. The average molecular weight is 220 g/mol. The van der Waals surface area contributed by atoms with Crippen molar-refractivity contribution in [2.45, 2.75) is 38.6 Å². The maximum Gasteiger partial charge on any atom is 0.00964 e. The van der Waals surface area contributed by atoms with Gasteiger partial charge < -0.3 is 4.90 Å². The Morgan fingerprint density at radius 3 is 2.55 bits per heavy atom. The van der Waals surface area contributed by atoms with Crippen molar-refractivity contribution in [2.75, 3.05) is 18.4 Å². The van der Waals surface area contributed by atoms with Crippen LogP contribution in [-0.4, -0.2) is 29.4 Å². The summed E-state index contributed by atoms with van der Waals surface area (Å²) in [6.45, 7) is 4.87. The summed E-state index contributed by atoms with van der Waals surface area (Å²) in [5, 5.41) is 1.15. The van der Waals surface area contributed by atoms with E-state index in [1.807, 2.05) is 0 Å². The Bertz CT molecular complexity index is 102. The molecule has 0 aliphatic heterocycles. The second-order valence-corrected chi connectivity index (χ2v) is 4.10. The first kappa shape index (κ1) is 9.53. The van der Waals surface area contributed by atoms with E-state index in [9.17, 15) is 0 Å². The van der Waals surface area contributed by atoms with Crippen LogP contribution < -0.4 is 0 Å². The topological polar surface area (TPSA) is 3.24 Å². The molecule has 1 fully saturated rings. The molecule has 0 aromatic heterocycles. The van der Waals surface area contributed by atoms with Gasteiger partial charge in [-0.25, -0.2) is 0 Å². The largest absolute Gasteiger partial charge is 0.300 e. The van der Waals surface area contributed by atoms with Gasteiger partial charge in [0.1, 0.15) is 0 Å². The van der Waals surface area contributed by atoms with Crippen molar-refractivity contribution < 1.29 is 0 Å². The molecule has 0 atom stereocenters. The van der Waals surface area contributed by atoms with Crippen LogP contribution >= 0.6 is 15.9 Å². The molecule has 0 radical (unpaired) electrons. The van der Waals surface area contributed by atoms with E-state index >= 15 is 0 Å². The molecule has 11 heavy (non-hydrogen) atoms. The lowest BCUT2D eigenvalue weighted by Gasteiger charge is -2.20. The molecule has 0 aromatic rings. The molecule has 1 aliphatic carbocycles. The highest BCUT2D eigenvalue weighted by Crippen LogP contribution is 2.26. The third-order valence-electron chi connectivity index (χ3n) is 2.15. The summed E-state index contributed by atoms with van der Waals surface area (Å²) in [7, 11) is 0. The minimum absolute atomic E-state index is 0.953. The van der Waals surface area contributed by atoms with Crippen molar-refractivity contribution in [1.29, 1.82) is 0 Å². The zero-order valence-electron chi connectivity index (χ0n) is 7.35. The van der Waals surface area contributed by atoms with Gasteiger partial charge >= 0.3 is 0 Å². The van der Waals surface area contributed by atoms with Crippen molar-refractivity contribution in [3.63, 3.8) is 0 Å². The third kappa shape index (κ3) is 3.57. The van der Waals surface area contributed by atoms with Gasteiger partial charge in [0, 0.05) is 11.4 Å². The van der Waals surface area contributed by atoms with Crippen LogP contribution in [0.1, 0.15) is 32.6 Å². The van der Waals surface area contributed by atoms with E-state index in [-0.39, 0.29) is 0 Å². The fraction of sp³-hybridized carbons (Fsp3) is 1.00. The summed E-state index contributed by atoms with van der Waals surface area (Å²) in [6, 6.07) is 0.953. The minimum Gasteiger partial charge on any atom is -0.300 e. The molecular formula is C9H18BrN. The highest BCUT2D eigenvalue weighted by Gasteiger charge is 2.27. The van der Waals surface area contributed by atoms with E-state index in [1.165, 1.54) is 38.8 Å². The van der Waals surface area contributed by atoms with Gasteiger partial charge in [0.2, 0.25) is 0 Å². The molecule has 0 saturated heterocycles.